The number of anilines is 2. The van der Waals surface area contributed by atoms with Gasteiger partial charge in [0.05, 0.1) is 23.9 Å². The fraction of sp³-hybridized carbons (Fsp3) is 0.263. The van der Waals surface area contributed by atoms with Crippen molar-refractivity contribution >= 4 is 17.3 Å². The Morgan fingerprint density at radius 3 is 2.40 bits per heavy atom. The first-order chi connectivity index (χ1) is 12.2. The van der Waals surface area contributed by atoms with E-state index in [0.29, 0.717) is 37.4 Å². The van der Waals surface area contributed by atoms with Crippen LogP contribution in [0.25, 0.3) is 0 Å². The highest BCUT2D eigenvalue weighted by Gasteiger charge is 2.22. The quantitative estimate of drug-likeness (QED) is 0.930. The van der Waals surface area contributed by atoms with Crippen LogP contribution in [0.4, 0.5) is 15.8 Å². The number of piperazine rings is 1. The van der Waals surface area contributed by atoms with Crippen LogP contribution in [0.1, 0.15) is 5.56 Å². The zero-order valence-electron chi connectivity index (χ0n) is 13.8. The first-order valence-electron chi connectivity index (χ1n) is 8.18. The molecular formula is C19H19FN4O. The molecule has 0 aliphatic carbocycles. The van der Waals surface area contributed by atoms with Crippen molar-refractivity contribution in [2.45, 2.75) is 0 Å². The Balaban J connectivity index is 1.50. The van der Waals surface area contributed by atoms with Crippen molar-refractivity contribution in [2.75, 3.05) is 42.9 Å². The van der Waals surface area contributed by atoms with Crippen LogP contribution >= 0.6 is 0 Å². The lowest BCUT2D eigenvalue weighted by molar-refractivity contribution is -0.129. The summed E-state index contributed by atoms with van der Waals surface area (Å²) < 4.78 is 13.8. The van der Waals surface area contributed by atoms with Gasteiger partial charge in [0.2, 0.25) is 5.91 Å². The van der Waals surface area contributed by atoms with Crippen LogP contribution in [0.3, 0.4) is 0 Å². The Hall–Kier alpha value is -3.07. The van der Waals surface area contributed by atoms with Crippen molar-refractivity contribution in [2.24, 2.45) is 0 Å². The predicted octanol–water partition coefficient (Wildman–Crippen LogP) is 2.46. The van der Waals surface area contributed by atoms with Gasteiger partial charge in [-0.1, -0.05) is 12.1 Å². The van der Waals surface area contributed by atoms with Crippen LogP contribution in [0.15, 0.2) is 48.5 Å². The molecule has 1 amide bonds. The van der Waals surface area contributed by atoms with Gasteiger partial charge in [-0.25, -0.2) is 4.39 Å². The summed E-state index contributed by atoms with van der Waals surface area (Å²) in [5.74, 6) is -0.220. The lowest BCUT2D eigenvalue weighted by Crippen LogP contribution is -2.50. The number of benzene rings is 2. The molecule has 0 radical (unpaired) electrons. The maximum absolute atomic E-state index is 13.8. The summed E-state index contributed by atoms with van der Waals surface area (Å²) in [5.41, 5.74) is 1.98. The van der Waals surface area contributed by atoms with Crippen LogP contribution in [-0.2, 0) is 4.79 Å². The molecule has 5 nitrogen and oxygen atoms in total. The summed E-state index contributed by atoms with van der Waals surface area (Å²) >= 11 is 0. The number of para-hydroxylation sites is 1. The topological polar surface area (TPSA) is 59.4 Å². The van der Waals surface area contributed by atoms with E-state index in [1.807, 2.05) is 11.0 Å². The second-order valence-corrected chi connectivity index (χ2v) is 5.86. The Labute approximate surface area is 146 Å². The normalized spacial score (nSPS) is 14.1. The number of nitrogens with one attached hydrogen (secondary N) is 1. The highest BCUT2D eigenvalue weighted by Crippen LogP contribution is 2.20. The molecule has 1 aliphatic rings. The molecule has 1 aliphatic heterocycles. The SMILES string of the molecule is N#Cc1ccc(NCC(=O)N2CCN(c3ccccc3F)CC2)cc1. The van der Waals surface area contributed by atoms with Crippen molar-refractivity contribution < 1.29 is 9.18 Å². The lowest BCUT2D eigenvalue weighted by atomic mass is 10.2. The number of carbonyl (C=O) groups is 1. The van der Waals surface area contributed by atoms with E-state index in [9.17, 15) is 9.18 Å². The fourth-order valence-corrected chi connectivity index (χ4v) is 2.86. The smallest absolute Gasteiger partial charge is 0.241 e. The molecule has 3 rings (SSSR count). The Kier molecular flexibility index (Phi) is 5.14. The van der Waals surface area contributed by atoms with Crippen LogP contribution in [0, 0.1) is 17.1 Å². The standard InChI is InChI=1S/C19H19FN4O/c20-17-3-1-2-4-18(17)23-9-11-24(12-10-23)19(25)14-22-16-7-5-15(13-21)6-8-16/h1-8,22H,9-12,14H2. The number of carbonyl (C=O) groups excluding carboxylic acids is 1. The third kappa shape index (κ3) is 4.07. The first kappa shape index (κ1) is 16.8. The van der Waals surface area contributed by atoms with E-state index in [1.54, 1.807) is 41.3 Å². The van der Waals surface area contributed by atoms with Gasteiger partial charge in [-0.05, 0) is 36.4 Å². The number of hydrogen-bond acceptors (Lipinski definition) is 4. The van der Waals surface area contributed by atoms with Crippen LogP contribution in [-0.4, -0.2) is 43.5 Å². The van der Waals surface area contributed by atoms with Gasteiger partial charge in [-0.3, -0.25) is 4.79 Å². The van der Waals surface area contributed by atoms with E-state index >= 15 is 0 Å². The summed E-state index contributed by atoms with van der Waals surface area (Å²) in [6.07, 6.45) is 0. The first-order valence-corrected chi connectivity index (χ1v) is 8.18. The minimum absolute atomic E-state index is 0.0116. The maximum Gasteiger partial charge on any atom is 0.241 e. The average molecular weight is 338 g/mol. The zero-order valence-corrected chi connectivity index (χ0v) is 13.8. The van der Waals surface area contributed by atoms with Crippen molar-refractivity contribution in [3.05, 3.63) is 59.9 Å². The van der Waals surface area contributed by atoms with Crippen molar-refractivity contribution in [3.63, 3.8) is 0 Å². The second-order valence-electron chi connectivity index (χ2n) is 5.86. The Morgan fingerprint density at radius 2 is 1.76 bits per heavy atom. The number of hydrogen-bond donors (Lipinski definition) is 1. The third-order valence-electron chi connectivity index (χ3n) is 4.28. The van der Waals surface area contributed by atoms with Crippen molar-refractivity contribution in [1.29, 1.82) is 5.26 Å². The molecule has 2 aromatic carbocycles. The molecule has 2 aromatic rings. The zero-order chi connectivity index (χ0) is 17.6. The number of halogens is 1. The lowest BCUT2D eigenvalue weighted by Gasteiger charge is -2.36. The molecular weight excluding hydrogens is 319 g/mol. The number of nitriles is 1. The van der Waals surface area contributed by atoms with E-state index < -0.39 is 0 Å². The largest absolute Gasteiger partial charge is 0.376 e. The monoisotopic (exact) mass is 338 g/mol. The van der Waals surface area contributed by atoms with Gasteiger partial charge in [0.15, 0.2) is 0 Å². The van der Waals surface area contributed by atoms with Gasteiger partial charge in [0.25, 0.3) is 0 Å². The van der Waals surface area contributed by atoms with Crippen LogP contribution in [0.5, 0.6) is 0 Å². The van der Waals surface area contributed by atoms with Crippen LogP contribution < -0.4 is 10.2 Å². The van der Waals surface area contributed by atoms with Crippen LogP contribution in [0.2, 0.25) is 0 Å². The van der Waals surface area contributed by atoms with Crippen molar-refractivity contribution in [3.8, 4) is 6.07 Å². The number of rotatable bonds is 4. The summed E-state index contributed by atoms with van der Waals surface area (Å²) in [6, 6.07) is 15.7. The van der Waals surface area contributed by atoms with Gasteiger partial charge < -0.3 is 15.1 Å². The van der Waals surface area contributed by atoms with Crippen molar-refractivity contribution in [1.82, 2.24) is 4.90 Å². The second kappa shape index (κ2) is 7.67. The highest BCUT2D eigenvalue weighted by atomic mass is 19.1. The summed E-state index contributed by atoms with van der Waals surface area (Å²) in [7, 11) is 0. The highest BCUT2D eigenvalue weighted by molar-refractivity contribution is 5.81. The third-order valence-corrected chi connectivity index (χ3v) is 4.28. The minimum Gasteiger partial charge on any atom is -0.376 e. The van der Waals surface area contributed by atoms with E-state index in [2.05, 4.69) is 11.4 Å². The summed E-state index contributed by atoms with van der Waals surface area (Å²) in [5, 5.41) is 11.8. The molecule has 0 bridgehead atoms. The Morgan fingerprint density at radius 1 is 1.08 bits per heavy atom. The number of amides is 1. The molecule has 1 fully saturated rings. The van der Waals surface area contributed by atoms with Gasteiger partial charge in [-0.15, -0.1) is 0 Å². The molecule has 25 heavy (non-hydrogen) atoms. The minimum atomic E-state index is -0.232. The average Bonchev–Trinajstić information content (AvgIpc) is 2.67. The van der Waals surface area contributed by atoms with Gasteiger partial charge in [-0.2, -0.15) is 5.26 Å². The molecule has 6 heteroatoms. The van der Waals surface area contributed by atoms with Gasteiger partial charge in [0.1, 0.15) is 5.82 Å². The van der Waals surface area contributed by atoms with E-state index in [0.717, 1.165) is 5.69 Å². The van der Waals surface area contributed by atoms with E-state index in [4.69, 9.17) is 5.26 Å². The summed E-state index contributed by atoms with van der Waals surface area (Å²) in [4.78, 5) is 16.1. The predicted molar refractivity (Wildman–Crippen MR) is 94.8 cm³/mol. The fourth-order valence-electron chi connectivity index (χ4n) is 2.86. The maximum atomic E-state index is 13.8. The van der Waals surface area contributed by atoms with E-state index in [1.165, 1.54) is 6.07 Å². The van der Waals surface area contributed by atoms with Gasteiger partial charge >= 0.3 is 0 Å². The Bertz CT molecular complexity index is 777. The molecule has 1 N–H and O–H groups in total. The molecule has 0 spiro atoms. The molecule has 0 saturated carbocycles. The molecule has 128 valence electrons. The molecule has 0 unspecified atom stereocenters. The molecule has 1 saturated heterocycles. The van der Waals surface area contributed by atoms with Gasteiger partial charge in [0, 0.05) is 31.9 Å². The van der Waals surface area contributed by atoms with E-state index in [-0.39, 0.29) is 18.3 Å². The molecule has 0 atom stereocenters. The molecule has 0 aromatic heterocycles. The molecule has 1 heterocycles. The summed E-state index contributed by atoms with van der Waals surface area (Å²) in [6.45, 7) is 2.57. The number of nitrogens with zero attached hydrogens (tertiary/aromatic N) is 3.